The van der Waals surface area contributed by atoms with Gasteiger partial charge < -0.3 is 15.0 Å². The van der Waals surface area contributed by atoms with E-state index in [2.05, 4.69) is 40.4 Å². The fraction of sp³-hybridized carbons (Fsp3) is 0.111. The molecule has 0 spiro atoms. The third-order valence-corrected chi connectivity index (χ3v) is 3.82. The maximum Gasteiger partial charge on any atom is 0.256 e. The second kappa shape index (κ2) is 7.66. The van der Waals surface area contributed by atoms with E-state index in [1.54, 1.807) is 42.9 Å². The molecule has 0 radical (unpaired) electrons. The van der Waals surface area contributed by atoms with Crippen molar-refractivity contribution in [1.29, 1.82) is 0 Å². The van der Waals surface area contributed by atoms with E-state index in [9.17, 15) is 4.79 Å². The zero-order valence-electron chi connectivity index (χ0n) is 14.9. The number of rotatable bonds is 6. The second-order valence-corrected chi connectivity index (χ2v) is 5.65. The summed E-state index contributed by atoms with van der Waals surface area (Å²) in [6, 6.07) is 6.76. The van der Waals surface area contributed by atoms with Crippen molar-refractivity contribution in [1.82, 2.24) is 35.1 Å². The molecule has 4 aromatic rings. The number of anilines is 1. The van der Waals surface area contributed by atoms with Crippen LogP contribution in [-0.4, -0.2) is 47.6 Å². The zero-order valence-corrected chi connectivity index (χ0v) is 14.9. The first-order valence-electron chi connectivity index (χ1n) is 8.51. The van der Waals surface area contributed by atoms with Crippen LogP contribution in [0.25, 0.3) is 22.9 Å². The van der Waals surface area contributed by atoms with Crippen molar-refractivity contribution in [2.45, 2.75) is 6.92 Å². The Labute approximate surface area is 159 Å². The number of H-pyrrole nitrogens is 2. The van der Waals surface area contributed by atoms with Crippen LogP contribution in [0.5, 0.6) is 5.88 Å². The molecule has 0 fully saturated rings. The van der Waals surface area contributed by atoms with Gasteiger partial charge in [0.05, 0.1) is 6.61 Å². The van der Waals surface area contributed by atoms with Crippen LogP contribution in [0, 0.1) is 0 Å². The Morgan fingerprint density at radius 2 is 2.00 bits per heavy atom. The minimum atomic E-state index is -0.274. The summed E-state index contributed by atoms with van der Waals surface area (Å²) >= 11 is 0. The predicted molar refractivity (Wildman–Crippen MR) is 101 cm³/mol. The molecular formula is C18H16N8O2. The maximum atomic E-state index is 12.3. The van der Waals surface area contributed by atoms with Crippen molar-refractivity contribution in [3.05, 3.63) is 54.7 Å². The van der Waals surface area contributed by atoms with Gasteiger partial charge in [-0.1, -0.05) is 0 Å². The van der Waals surface area contributed by atoms with Gasteiger partial charge in [0, 0.05) is 29.7 Å². The molecule has 4 heterocycles. The molecule has 3 N–H and O–H groups in total. The Bertz CT molecular complexity index is 1080. The number of carbonyl (C=O) groups excluding carboxylic acids is 1. The highest BCUT2D eigenvalue weighted by molar-refractivity contribution is 6.03. The van der Waals surface area contributed by atoms with Gasteiger partial charge in [0.25, 0.3) is 5.91 Å². The molecule has 0 unspecified atom stereocenters. The second-order valence-electron chi connectivity index (χ2n) is 5.65. The van der Waals surface area contributed by atoms with E-state index in [0.717, 1.165) is 5.56 Å². The molecule has 0 aliphatic rings. The molecule has 140 valence electrons. The van der Waals surface area contributed by atoms with Gasteiger partial charge in [-0.15, -0.1) is 0 Å². The largest absolute Gasteiger partial charge is 0.476 e. The van der Waals surface area contributed by atoms with E-state index in [-0.39, 0.29) is 5.91 Å². The molecule has 0 aliphatic carbocycles. The molecule has 0 aromatic carbocycles. The topological polar surface area (TPSA) is 134 Å². The van der Waals surface area contributed by atoms with Gasteiger partial charge in [-0.3, -0.25) is 14.9 Å². The molecule has 0 atom stereocenters. The maximum absolute atomic E-state index is 12.3. The molecule has 1 amide bonds. The monoisotopic (exact) mass is 376 g/mol. The molecule has 10 nitrogen and oxygen atoms in total. The first-order chi connectivity index (χ1) is 13.7. The summed E-state index contributed by atoms with van der Waals surface area (Å²) in [5, 5.41) is 9.41. The lowest BCUT2D eigenvalue weighted by Crippen LogP contribution is -2.12. The predicted octanol–water partition coefficient (Wildman–Crippen LogP) is 2.30. The smallest absolute Gasteiger partial charge is 0.256 e. The molecule has 0 saturated heterocycles. The van der Waals surface area contributed by atoms with Crippen LogP contribution in [0.2, 0.25) is 0 Å². The summed E-state index contributed by atoms with van der Waals surface area (Å²) in [5.74, 6) is 1.60. The van der Waals surface area contributed by atoms with Crippen LogP contribution < -0.4 is 10.1 Å². The number of hydrogen-bond acceptors (Lipinski definition) is 7. The van der Waals surface area contributed by atoms with Gasteiger partial charge in [0.15, 0.2) is 5.82 Å². The summed E-state index contributed by atoms with van der Waals surface area (Å²) in [5.41, 5.74) is 1.81. The van der Waals surface area contributed by atoms with Crippen molar-refractivity contribution >= 4 is 11.7 Å². The summed E-state index contributed by atoms with van der Waals surface area (Å²) in [7, 11) is 0. The number of aromatic amines is 2. The van der Waals surface area contributed by atoms with Crippen LogP contribution in [0.4, 0.5) is 5.82 Å². The third kappa shape index (κ3) is 3.56. The molecule has 10 heteroatoms. The number of hydrogen-bond donors (Lipinski definition) is 3. The highest BCUT2D eigenvalue weighted by Crippen LogP contribution is 2.29. The number of imidazole rings is 1. The lowest BCUT2D eigenvalue weighted by Gasteiger charge is -2.05. The molecule has 0 aliphatic heterocycles. The fourth-order valence-electron chi connectivity index (χ4n) is 2.56. The summed E-state index contributed by atoms with van der Waals surface area (Å²) in [4.78, 5) is 32.2. The third-order valence-electron chi connectivity index (χ3n) is 3.82. The first-order valence-corrected chi connectivity index (χ1v) is 8.51. The summed E-state index contributed by atoms with van der Waals surface area (Å²) in [6.45, 7) is 2.33. The molecule has 0 bridgehead atoms. The number of carbonyl (C=O) groups is 1. The van der Waals surface area contributed by atoms with Crippen LogP contribution in [-0.2, 0) is 0 Å². The lowest BCUT2D eigenvalue weighted by atomic mass is 10.2. The highest BCUT2D eigenvalue weighted by Gasteiger charge is 2.17. The van der Waals surface area contributed by atoms with E-state index in [4.69, 9.17) is 4.74 Å². The number of pyridine rings is 2. The number of nitrogens with one attached hydrogen (secondary N) is 3. The van der Waals surface area contributed by atoms with Gasteiger partial charge >= 0.3 is 0 Å². The van der Waals surface area contributed by atoms with E-state index < -0.39 is 0 Å². The van der Waals surface area contributed by atoms with Gasteiger partial charge in [-0.25, -0.2) is 9.97 Å². The van der Waals surface area contributed by atoms with Gasteiger partial charge in [0.1, 0.15) is 23.7 Å². The Morgan fingerprint density at radius 3 is 2.75 bits per heavy atom. The number of aromatic nitrogens is 7. The highest BCUT2D eigenvalue weighted by atomic mass is 16.5. The van der Waals surface area contributed by atoms with Crippen molar-refractivity contribution in [3.8, 4) is 28.8 Å². The quantitative estimate of drug-likeness (QED) is 0.470. The molecule has 4 aromatic heterocycles. The van der Waals surface area contributed by atoms with Crippen LogP contribution in [0.15, 0.2) is 49.2 Å². The van der Waals surface area contributed by atoms with E-state index in [1.807, 2.05) is 6.92 Å². The SMILES string of the molecule is CCOc1nc(-c2ccnc(NC(=O)c3ccncc3)c2)[nH]c1-c1ncn[nH]1. The van der Waals surface area contributed by atoms with Crippen LogP contribution in [0.3, 0.4) is 0 Å². The van der Waals surface area contributed by atoms with Crippen LogP contribution >= 0.6 is 0 Å². The first kappa shape index (κ1) is 17.3. The molecule has 4 rings (SSSR count). The summed E-state index contributed by atoms with van der Waals surface area (Å²) < 4.78 is 5.59. The average molecular weight is 376 g/mol. The van der Waals surface area contributed by atoms with Crippen LogP contribution in [0.1, 0.15) is 17.3 Å². The molecule has 0 saturated carbocycles. The minimum absolute atomic E-state index is 0.274. The van der Waals surface area contributed by atoms with Gasteiger partial charge in [-0.2, -0.15) is 10.1 Å². The van der Waals surface area contributed by atoms with E-state index >= 15 is 0 Å². The van der Waals surface area contributed by atoms with Crippen molar-refractivity contribution in [3.63, 3.8) is 0 Å². The van der Waals surface area contributed by atoms with Crippen molar-refractivity contribution in [2.75, 3.05) is 11.9 Å². The normalized spacial score (nSPS) is 10.6. The number of ether oxygens (including phenoxy) is 1. The van der Waals surface area contributed by atoms with E-state index in [0.29, 0.717) is 41.2 Å². The Balaban J connectivity index is 1.62. The van der Waals surface area contributed by atoms with Crippen molar-refractivity contribution in [2.24, 2.45) is 0 Å². The number of amides is 1. The molecule has 28 heavy (non-hydrogen) atoms. The Kier molecular flexibility index (Phi) is 4.74. The summed E-state index contributed by atoms with van der Waals surface area (Å²) in [6.07, 6.45) is 6.11. The fourth-order valence-corrected chi connectivity index (χ4v) is 2.56. The van der Waals surface area contributed by atoms with Crippen molar-refractivity contribution < 1.29 is 9.53 Å². The van der Waals surface area contributed by atoms with E-state index in [1.165, 1.54) is 6.33 Å². The zero-order chi connectivity index (χ0) is 19.3. The van der Waals surface area contributed by atoms with Gasteiger partial charge in [0.2, 0.25) is 5.88 Å². The Morgan fingerprint density at radius 1 is 1.14 bits per heavy atom. The standard InChI is InChI=1S/C18H16N8O2/c1-2-28-18-14(16-21-10-22-26-16)24-15(25-18)12-5-8-20-13(9-12)23-17(27)11-3-6-19-7-4-11/h3-10H,2H2,1H3,(H,24,25)(H,20,23,27)(H,21,22,26). The average Bonchev–Trinajstić information content (AvgIpc) is 3.39. The number of nitrogens with zero attached hydrogens (tertiary/aromatic N) is 5. The van der Waals surface area contributed by atoms with Gasteiger partial charge in [-0.05, 0) is 31.2 Å². The molecular weight excluding hydrogens is 360 g/mol. The minimum Gasteiger partial charge on any atom is -0.476 e. The Hall–Kier alpha value is -4.08. The lowest BCUT2D eigenvalue weighted by molar-refractivity contribution is 0.102.